The molecule has 3 heterocycles. The maximum Gasteiger partial charge on any atom is 0.417 e. The normalized spacial score (nSPS) is 15.7. The first kappa shape index (κ1) is 20.5. The van der Waals surface area contributed by atoms with Gasteiger partial charge in [-0.1, -0.05) is 11.6 Å². The number of anilines is 1. The van der Waals surface area contributed by atoms with Gasteiger partial charge in [0.2, 0.25) is 5.91 Å². The van der Waals surface area contributed by atoms with E-state index in [0.717, 1.165) is 23.7 Å². The molecule has 2 aromatic heterocycles. The highest BCUT2D eigenvalue weighted by Gasteiger charge is 2.33. The molecule has 1 aliphatic rings. The summed E-state index contributed by atoms with van der Waals surface area (Å²) < 4.78 is 40.3. The molecule has 1 N–H and O–H groups in total. The molecule has 0 bridgehead atoms. The van der Waals surface area contributed by atoms with Gasteiger partial charge < -0.3 is 14.8 Å². The topological polar surface area (TPSA) is 50.2 Å². The van der Waals surface area contributed by atoms with Gasteiger partial charge in [-0.2, -0.15) is 13.2 Å². The van der Waals surface area contributed by atoms with Gasteiger partial charge in [0.05, 0.1) is 17.1 Å². The van der Waals surface area contributed by atoms with Gasteiger partial charge >= 0.3 is 6.18 Å². The third-order valence-corrected chi connectivity index (χ3v) is 5.51. The molecule has 0 unspecified atom stereocenters. The van der Waals surface area contributed by atoms with Crippen LogP contribution in [0.25, 0.3) is 0 Å². The Hall–Kier alpha value is -2.22. The summed E-state index contributed by atoms with van der Waals surface area (Å²) in [5.41, 5.74) is 1.29. The molecule has 1 aliphatic heterocycles. The van der Waals surface area contributed by atoms with E-state index in [1.165, 1.54) is 0 Å². The maximum absolute atomic E-state index is 12.7. The van der Waals surface area contributed by atoms with Gasteiger partial charge in [-0.15, -0.1) is 0 Å². The molecule has 0 spiro atoms. The lowest BCUT2D eigenvalue weighted by Gasteiger charge is -2.32. The Morgan fingerprint density at radius 1 is 1.32 bits per heavy atom. The van der Waals surface area contributed by atoms with E-state index >= 15 is 0 Å². The third kappa shape index (κ3) is 4.43. The van der Waals surface area contributed by atoms with Crippen molar-refractivity contribution < 1.29 is 18.0 Å². The number of rotatable bonds is 4. The summed E-state index contributed by atoms with van der Waals surface area (Å²) in [7, 11) is 1.95. The minimum absolute atomic E-state index is 0.00928. The Morgan fingerprint density at radius 2 is 2.00 bits per heavy atom. The Bertz CT molecular complexity index is 857. The quantitative estimate of drug-likeness (QED) is 0.824. The van der Waals surface area contributed by atoms with Crippen LogP contribution >= 0.6 is 11.6 Å². The number of hydrogen-bond donors (Lipinski definition) is 1. The van der Waals surface area contributed by atoms with Crippen LogP contribution in [0.2, 0.25) is 5.02 Å². The van der Waals surface area contributed by atoms with Gasteiger partial charge in [-0.05, 0) is 38.0 Å². The molecule has 3 rings (SSSR count). The van der Waals surface area contributed by atoms with Crippen LogP contribution in [0.15, 0.2) is 24.4 Å². The smallest absolute Gasteiger partial charge is 0.355 e. The molecule has 1 fully saturated rings. The fourth-order valence-electron chi connectivity index (χ4n) is 3.34. The maximum atomic E-state index is 12.7. The summed E-state index contributed by atoms with van der Waals surface area (Å²) in [4.78, 5) is 18.2. The second-order valence-corrected chi connectivity index (χ2v) is 7.44. The number of aromatic nitrogens is 2. The van der Waals surface area contributed by atoms with E-state index in [1.807, 2.05) is 35.6 Å². The number of carbonyl (C=O) groups excluding carboxylic acids is 1. The van der Waals surface area contributed by atoms with Gasteiger partial charge in [0.25, 0.3) is 0 Å². The van der Waals surface area contributed by atoms with Crippen molar-refractivity contribution in [2.24, 2.45) is 13.0 Å². The highest BCUT2D eigenvalue weighted by atomic mass is 35.5. The number of pyridine rings is 1. The largest absolute Gasteiger partial charge is 0.417 e. The van der Waals surface area contributed by atoms with E-state index in [-0.39, 0.29) is 16.8 Å². The number of carbonyl (C=O) groups is 1. The Balaban J connectivity index is 1.55. The van der Waals surface area contributed by atoms with Crippen molar-refractivity contribution in [1.82, 2.24) is 14.9 Å². The summed E-state index contributed by atoms with van der Waals surface area (Å²) in [5, 5.41) is 2.94. The average molecular weight is 415 g/mol. The van der Waals surface area contributed by atoms with Crippen LogP contribution in [-0.4, -0.2) is 28.5 Å². The molecule has 152 valence electrons. The number of aryl methyl sites for hydroxylation is 1. The number of amides is 1. The summed E-state index contributed by atoms with van der Waals surface area (Å²) in [6.07, 6.45) is -2.49. The lowest BCUT2D eigenvalue weighted by molar-refractivity contribution is -0.137. The van der Waals surface area contributed by atoms with E-state index in [4.69, 9.17) is 11.6 Å². The molecule has 0 atom stereocenters. The number of nitrogens with zero attached hydrogens (tertiary/aromatic N) is 3. The van der Waals surface area contributed by atoms with Gasteiger partial charge in [0, 0.05) is 43.6 Å². The number of halogens is 4. The number of hydrogen-bond acceptors (Lipinski definition) is 3. The van der Waals surface area contributed by atoms with E-state index in [1.54, 1.807) is 0 Å². The molecule has 5 nitrogen and oxygen atoms in total. The second kappa shape index (κ2) is 8.03. The van der Waals surface area contributed by atoms with Crippen molar-refractivity contribution >= 4 is 23.3 Å². The van der Waals surface area contributed by atoms with Crippen LogP contribution < -0.4 is 10.2 Å². The average Bonchev–Trinajstić information content (AvgIpc) is 2.97. The van der Waals surface area contributed by atoms with Crippen LogP contribution in [0.1, 0.15) is 29.8 Å². The number of alkyl halides is 3. The van der Waals surface area contributed by atoms with E-state index < -0.39 is 11.7 Å². The molecule has 2 aromatic rings. The minimum Gasteiger partial charge on any atom is -0.355 e. The van der Waals surface area contributed by atoms with Crippen molar-refractivity contribution in [2.45, 2.75) is 32.5 Å². The third-order valence-electron chi connectivity index (χ3n) is 5.23. The lowest BCUT2D eigenvalue weighted by atomic mass is 9.96. The number of nitrogens with one attached hydrogen (secondary N) is 1. The molecule has 1 amide bonds. The first-order valence-corrected chi connectivity index (χ1v) is 9.41. The fourth-order valence-corrected chi connectivity index (χ4v) is 3.62. The minimum atomic E-state index is -4.48. The van der Waals surface area contributed by atoms with Gasteiger partial charge in [-0.3, -0.25) is 4.79 Å². The molecule has 0 aliphatic carbocycles. The zero-order chi connectivity index (χ0) is 20.5. The van der Waals surface area contributed by atoms with Crippen LogP contribution in [0.5, 0.6) is 0 Å². The Labute approximate surface area is 166 Å². The predicted octanol–water partition coefficient (Wildman–Crippen LogP) is 3.93. The lowest BCUT2D eigenvalue weighted by Crippen LogP contribution is -2.41. The van der Waals surface area contributed by atoms with Crippen molar-refractivity contribution in [2.75, 3.05) is 18.0 Å². The molecule has 0 radical (unpaired) electrons. The molecular weight excluding hydrogens is 393 g/mol. The molecule has 9 heteroatoms. The van der Waals surface area contributed by atoms with Crippen LogP contribution in [0.4, 0.5) is 19.0 Å². The van der Waals surface area contributed by atoms with Crippen LogP contribution in [-0.2, 0) is 24.6 Å². The zero-order valence-electron chi connectivity index (χ0n) is 15.7. The van der Waals surface area contributed by atoms with E-state index in [2.05, 4.69) is 10.3 Å². The first-order valence-electron chi connectivity index (χ1n) is 9.03. The van der Waals surface area contributed by atoms with Crippen molar-refractivity contribution in [3.05, 3.63) is 46.4 Å². The predicted molar refractivity (Wildman–Crippen MR) is 101 cm³/mol. The highest BCUT2D eigenvalue weighted by molar-refractivity contribution is 6.33. The molecule has 0 saturated carbocycles. The Morgan fingerprint density at radius 3 is 2.54 bits per heavy atom. The molecule has 0 aromatic carbocycles. The number of piperidine rings is 1. The molecular formula is C19H22ClF3N4O. The van der Waals surface area contributed by atoms with E-state index in [9.17, 15) is 18.0 Å². The summed E-state index contributed by atoms with van der Waals surface area (Å²) in [5.74, 6) is 0.184. The Kier molecular flexibility index (Phi) is 5.88. The molecule has 28 heavy (non-hydrogen) atoms. The summed E-state index contributed by atoms with van der Waals surface area (Å²) >= 11 is 6.02. The van der Waals surface area contributed by atoms with Crippen molar-refractivity contribution in [3.63, 3.8) is 0 Å². The first-order chi connectivity index (χ1) is 13.2. The van der Waals surface area contributed by atoms with Gasteiger partial charge in [0.1, 0.15) is 5.82 Å². The zero-order valence-corrected chi connectivity index (χ0v) is 16.4. The van der Waals surface area contributed by atoms with Crippen molar-refractivity contribution in [1.29, 1.82) is 0 Å². The van der Waals surface area contributed by atoms with Gasteiger partial charge in [0.15, 0.2) is 0 Å². The van der Waals surface area contributed by atoms with E-state index in [0.29, 0.717) is 38.3 Å². The summed E-state index contributed by atoms with van der Waals surface area (Å²) in [6, 6.07) is 4.88. The van der Waals surface area contributed by atoms with Gasteiger partial charge in [-0.25, -0.2) is 4.98 Å². The molecule has 1 saturated heterocycles. The SMILES string of the molecule is Cc1ccc(CNC(=O)C2CCN(c3ncc(C(F)(F)F)cc3Cl)CC2)n1C. The fraction of sp³-hybridized carbons (Fsp3) is 0.474. The highest BCUT2D eigenvalue weighted by Crippen LogP contribution is 2.34. The summed E-state index contributed by atoms with van der Waals surface area (Å²) in [6.45, 7) is 3.50. The van der Waals surface area contributed by atoms with Crippen LogP contribution in [0.3, 0.4) is 0 Å². The monoisotopic (exact) mass is 414 g/mol. The van der Waals surface area contributed by atoms with Crippen molar-refractivity contribution in [3.8, 4) is 0 Å². The second-order valence-electron chi connectivity index (χ2n) is 7.03. The van der Waals surface area contributed by atoms with Crippen LogP contribution in [0, 0.1) is 12.8 Å². The standard InChI is InChI=1S/C19H22ClF3N4O/c1-12-3-4-15(26(12)2)11-25-18(28)13-5-7-27(8-6-13)17-16(20)9-14(10-24-17)19(21,22)23/h3-4,9-10,13H,5-8,11H2,1-2H3,(H,25,28).